The third-order valence-corrected chi connectivity index (χ3v) is 2.11. The summed E-state index contributed by atoms with van der Waals surface area (Å²) in [7, 11) is 3.19. The summed E-state index contributed by atoms with van der Waals surface area (Å²) in [5, 5.41) is 2.57. The second kappa shape index (κ2) is 4.89. The smallest absolute Gasteiger partial charge is 0.321 e. The lowest BCUT2D eigenvalue weighted by Gasteiger charge is -2.14. The minimum atomic E-state index is -0.453. The van der Waals surface area contributed by atoms with Gasteiger partial charge >= 0.3 is 6.03 Å². The molecule has 0 bridgehead atoms. The molecule has 2 amide bonds. The van der Waals surface area contributed by atoms with Gasteiger partial charge in [-0.3, -0.25) is 0 Å². The number of carbonyl (C=O) groups is 1. The van der Waals surface area contributed by atoms with E-state index in [2.05, 4.69) is 5.32 Å². The Bertz CT molecular complexity index is 434. The predicted octanol–water partition coefficient (Wildman–Crippen LogP) is 1.55. The highest BCUT2D eigenvalue weighted by molar-refractivity contribution is 7.80. The summed E-state index contributed by atoms with van der Waals surface area (Å²) < 4.78 is 13.0. The van der Waals surface area contributed by atoms with Crippen LogP contribution in [-0.2, 0) is 0 Å². The summed E-state index contributed by atoms with van der Waals surface area (Å²) >= 11 is 4.77. The van der Waals surface area contributed by atoms with E-state index in [-0.39, 0.29) is 11.0 Å². The van der Waals surface area contributed by atoms with Gasteiger partial charge in [0.15, 0.2) is 0 Å². The van der Waals surface area contributed by atoms with E-state index in [1.165, 1.54) is 23.1 Å². The Morgan fingerprint density at radius 1 is 1.50 bits per heavy atom. The lowest BCUT2D eigenvalue weighted by molar-refractivity contribution is 0.230. The molecule has 6 heteroatoms. The monoisotopic (exact) mass is 241 g/mol. The van der Waals surface area contributed by atoms with Crippen molar-refractivity contribution in [2.45, 2.75) is 0 Å². The standard InChI is InChI=1S/C10H12FN3OS/c1-14(2)10(15)13-8-4-3-6(11)5-7(8)9(12)16/h3-5H,1-2H3,(H2,12,16)(H,13,15). The number of nitrogens with one attached hydrogen (secondary N) is 1. The molecule has 0 fully saturated rings. The molecule has 0 aromatic heterocycles. The van der Waals surface area contributed by atoms with Gasteiger partial charge in [-0.15, -0.1) is 0 Å². The molecule has 0 saturated carbocycles. The third kappa shape index (κ3) is 2.90. The van der Waals surface area contributed by atoms with E-state index in [4.69, 9.17) is 18.0 Å². The Morgan fingerprint density at radius 2 is 2.12 bits per heavy atom. The summed E-state index contributed by atoms with van der Waals surface area (Å²) in [5.41, 5.74) is 6.14. The molecule has 0 spiro atoms. The Hall–Kier alpha value is -1.69. The molecular weight excluding hydrogens is 229 g/mol. The van der Waals surface area contributed by atoms with Crippen LogP contribution in [0.5, 0.6) is 0 Å². The van der Waals surface area contributed by atoms with Crippen molar-refractivity contribution in [1.82, 2.24) is 4.90 Å². The second-order valence-electron chi connectivity index (χ2n) is 3.38. The highest BCUT2D eigenvalue weighted by Gasteiger charge is 2.10. The first-order valence-corrected chi connectivity index (χ1v) is 4.90. The van der Waals surface area contributed by atoms with Crippen LogP contribution < -0.4 is 11.1 Å². The molecule has 0 aliphatic rings. The zero-order chi connectivity index (χ0) is 12.3. The van der Waals surface area contributed by atoms with Crippen LogP contribution in [0.3, 0.4) is 0 Å². The first-order valence-electron chi connectivity index (χ1n) is 4.49. The van der Waals surface area contributed by atoms with Crippen LogP contribution in [-0.4, -0.2) is 30.0 Å². The van der Waals surface area contributed by atoms with Crippen LogP contribution in [0.1, 0.15) is 5.56 Å². The van der Waals surface area contributed by atoms with Crippen LogP contribution in [0.25, 0.3) is 0 Å². The number of nitrogens with two attached hydrogens (primary N) is 1. The molecule has 1 aromatic carbocycles. The van der Waals surface area contributed by atoms with Gasteiger partial charge in [0.25, 0.3) is 0 Å². The number of thiocarbonyl (C=S) groups is 1. The van der Waals surface area contributed by atoms with Gasteiger partial charge in [-0.05, 0) is 18.2 Å². The van der Waals surface area contributed by atoms with E-state index < -0.39 is 5.82 Å². The van der Waals surface area contributed by atoms with Crippen LogP contribution >= 0.6 is 12.2 Å². The maximum absolute atomic E-state index is 13.0. The molecule has 0 saturated heterocycles. The van der Waals surface area contributed by atoms with Crippen molar-refractivity contribution in [2.75, 3.05) is 19.4 Å². The van der Waals surface area contributed by atoms with Crippen molar-refractivity contribution >= 4 is 28.9 Å². The van der Waals surface area contributed by atoms with Crippen molar-refractivity contribution < 1.29 is 9.18 Å². The zero-order valence-electron chi connectivity index (χ0n) is 8.95. The number of rotatable bonds is 2. The summed E-state index contributed by atoms with van der Waals surface area (Å²) in [4.78, 5) is 12.8. The van der Waals surface area contributed by atoms with Gasteiger partial charge in [-0.1, -0.05) is 12.2 Å². The zero-order valence-corrected chi connectivity index (χ0v) is 9.77. The van der Waals surface area contributed by atoms with Crippen LogP contribution in [0.2, 0.25) is 0 Å². The van der Waals surface area contributed by atoms with Gasteiger partial charge in [0.2, 0.25) is 0 Å². The fourth-order valence-corrected chi connectivity index (χ4v) is 1.23. The molecule has 1 rings (SSSR count). The average molecular weight is 241 g/mol. The lowest BCUT2D eigenvalue weighted by atomic mass is 10.1. The maximum atomic E-state index is 13.0. The van der Waals surface area contributed by atoms with Crippen LogP contribution in [0.4, 0.5) is 14.9 Å². The quantitative estimate of drug-likeness (QED) is 0.772. The topological polar surface area (TPSA) is 58.4 Å². The minimum absolute atomic E-state index is 0.0357. The molecule has 0 radical (unpaired) electrons. The minimum Gasteiger partial charge on any atom is -0.389 e. The highest BCUT2D eigenvalue weighted by Crippen LogP contribution is 2.17. The normalized spacial score (nSPS) is 9.69. The number of halogens is 1. The molecule has 0 unspecified atom stereocenters. The predicted molar refractivity (Wildman–Crippen MR) is 65.0 cm³/mol. The summed E-state index contributed by atoms with van der Waals surface area (Å²) in [6.07, 6.45) is 0. The van der Waals surface area contributed by atoms with Crippen LogP contribution in [0.15, 0.2) is 18.2 Å². The van der Waals surface area contributed by atoms with Gasteiger partial charge in [0, 0.05) is 19.7 Å². The summed E-state index contributed by atoms with van der Waals surface area (Å²) in [6.45, 7) is 0. The van der Waals surface area contributed by atoms with E-state index in [1.54, 1.807) is 14.1 Å². The molecule has 0 aliphatic heterocycles. The number of benzene rings is 1. The fourth-order valence-electron chi connectivity index (χ4n) is 1.06. The van der Waals surface area contributed by atoms with Crippen molar-refractivity contribution in [3.63, 3.8) is 0 Å². The van der Waals surface area contributed by atoms with Gasteiger partial charge in [-0.25, -0.2) is 9.18 Å². The van der Waals surface area contributed by atoms with E-state index >= 15 is 0 Å². The molecule has 0 heterocycles. The number of carbonyl (C=O) groups excluding carboxylic acids is 1. The number of hydrogen-bond acceptors (Lipinski definition) is 2. The van der Waals surface area contributed by atoms with Gasteiger partial charge in [-0.2, -0.15) is 0 Å². The lowest BCUT2D eigenvalue weighted by Crippen LogP contribution is -2.28. The van der Waals surface area contributed by atoms with Crippen molar-refractivity contribution in [3.8, 4) is 0 Å². The summed E-state index contributed by atoms with van der Waals surface area (Å²) in [5.74, 6) is -0.453. The number of anilines is 1. The molecule has 86 valence electrons. The molecule has 0 atom stereocenters. The molecule has 3 N–H and O–H groups in total. The average Bonchev–Trinajstić information content (AvgIpc) is 2.20. The largest absolute Gasteiger partial charge is 0.389 e. The van der Waals surface area contributed by atoms with Gasteiger partial charge < -0.3 is 16.0 Å². The van der Waals surface area contributed by atoms with E-state index in [9.17, 15) is 9.18 Å². The van der Waals surface area contributed by atoms with E-state index in [0.29, 0.717) is 11.3 Å². The first-order chi connectivity index (χ1) is 7.41. The number of nitrogens with zero attached hydrogens (tertiary/aromatic N) is 1. The number of amides is 2. The SMILES string of the molecule is CN(C)C(=O)Nc1ccc(F)cc1C(N)=S. The maximum Gasteiger partial charge on any atom is 0.321 e. The van der Waals surface area contributed by atoms with Crippen molar-refractivity contribution in [3.05, 3.63) is 29.6 Å². The molecule has 16 heavy (non-hydrogen) atoms. The second-order valence-corrected chi connectivity index (χ2v) is 3.82. The number of hydrogen-bond donors (Lipinski definition) is 2. The summed E-state index contributed by atoms with van der Waals surface area (Å²) in [6, 6.07) is 3.51. The molecule has 0 aliphatic carbocycles. The molecule has 1 aromatic rings. The van der Waals surface area contributed by atoms with E-state index in [0.717, 1.165) is 0 Å². The van der Waals surface area contributed by atoms with E-state index in [1.807, 2.05) is 0 Å². The Kier molecular flexibility index (Phi) is 3.78. The third-order valence-electron chi connectivity index (χ3n) is 1.89. The highest BCUT2D eigenvalue weighted by atomic mass is 32.1. The number of urea groups is 1. The van der Waals surface area contributed by atoms with Crippen molar-refractivity contribution in [2.24, 2.45) is 5.73 Å². The first kappa shape index (κ1) is 12.4. The molecule has 4 nitrogen and oxygen atoms in total. The van der Waals surface area contributed by atoms with Gasteiger partial charge in [0.1, 0.15) is 10.8 Å². The van der Waals surface area contributed by atoms with Crippen molar-refractivity contribution in [1.29, 1.82) is 0 Å². The molecular formula is C10H12FN3OS. The van der Waals surface area contributed by atoms with Crippen LogP contribution in [0, 0.1) is 5.82 Å². The Labute approximate surface area is 98.2 Å². The Balaban J connectivity index is 3.04. The fraction of sp³-hybridized carbons (Fsp3) is 0.200. The Morgan fingerprint density at radius 3 is 2.62 bits per heavy atom. The van der Waals surface area contributed by atoms with Gasteiger partial charge in [0.05, 0.1) is 5.69 Å².